The van der Waals surface area contributed by atoms with Crippen molar-refractivity contribution >= 4 is 19.7 Å². The van der Waals surface area contributed by atoms with Crippen LogP contribution in [0.2, 0.25) is 0 Å². The summed E-state index contributed by atoms with van der Waals surface area (Å²) in [6.45, 7) is -10.2. The van der Waals surface area contributed by atoms with E-state index in [9.17, 15) is 8.42 Å². The molecule has 14 heavy (non-hydrogen) atoms. The standard InChI is InChI=1S/C10H13ClO2S/c1-10(2,3)8-4-6-9(7-5-8)14(11,12)13/h4-7H,1-3H3/i1D3,2D3,3D3. The molecule has 0 saturated carbocycles. The molecule has 0 amide bonds. The van der Waals surface area contributed by atoms with E-state index in [0.29, 0.717) is 0 Å². The predicted octanol–water partition coefficient (Wildman–Crippen LogP) is 2.91. The Morgan fingerprint density at radius 3 is 2.07 bits per heavy atom. The third-order valence-corrected chi connectivity index (χ3v) is 2.94. The van der Waals surface area contributed by atoms with Crippen molar-refractivity contribution in [2.24, 2.45) is 0 Å². The highest BCUT2D eigenvalue weighted by molar-refractivity contribution is 8.13. The van der Waals surface area contributed by atoms with Crippen LogP contribution in [0.25, 0.3) is 0 Å². The lowest BCUT2D eigenvalue weighted by Gasteiger charge is -2.18. The smallest absolute Gasteiger partial charge is 0.207 e. The van der Waals surface area contributed by atoms with Crippen molar-refractivity contribution < 1.29 is 20.8 Å². The maximum Gasteiger partial charge on any atom is 0.261 e. The molecule has 0 aliphatic heterocycles. The second kappa shape index (κ2) is 3.55. The molecule has 0 saturated heterocycles. The minimum atomic E-state index is -4.12. The molecular formula is C10H13ClO2S. The number of benzene rings is 1. The summed E-state index contributed by atoms with van der Waals surface area (Å²) in [6, 6.07) is 3.44. The lowest BCUT2D eigenvalue weighted by Crippen LogP contribution is -2.10. The van der Waals surface area contributed by atoms with E-state index in [1.54, 1.807) is 0 Å². The lowest BCUT2D eigenvalue weighted by molar-refractivity contribution is 0.588. The Kier molecular flexibility index (Phi) is 1.05. The molecule has 1 aromatic rings. The minimum absolute atomic E-state index is 0.404. The summed E-state index contributed by atoms with van der Waals surface area (Å²) in [7, 11) is 1.01. The van der Waals surface area contributed by atoms with E-state index in [-0.39, 0.29) is 0 Å². The Morgan fingerprint density at radius 1 is 1.21 bits per heavy atom. The molecule has 0 aromatic heterocycles. The molecule has 4 heteroatoms. The van der Waals surface area contributed by atoms with Crippen LogP contribution in [0.5, 0.6) is 0 Å². The first kappa shape index (κ1) is 4.14. The third-order valence-electron chi connectivity index (χ3n) is 1.57. The molecule has 1 aromatic carbocycles. The van der Waals surface area contributed by atoms with Gasteiger partial charge in [0.15, 0.2) is 0 Å². The monoisotopic (exact) mass is 241 g/mol. The molecule has 0 aliphatic rings. The van der Waals surface area contributed by atoms with Crippen molar-refractivity contribution in [2.75, 3.05) is 0 Å². The summed E-state index contributed by atoms with van der Waals surface area (Å²) in [4.78, 5) is -0.404. The molecule has 2 nitrogen and oxygen atoms in total. The zero-order valence-electron chi connectivity index (χ0n) is 15.9. The van der Waals surface area contributed by atoms with Gasteiger partial charge < -0.3 is 0 Å². The van der Waals surface area contributed by atoms with Crippen LogP contribution < -0.4 is 0 Å². The highest BCUT2D eigenvalue weighted by Crippen LogP contribution is 2.24. The van der Waals surface area contributed by atoms with Gasteiger partial charge in [0.05, 0.1) is 4.90 Å². The average molecular weight is 242 g/mol. The number of halogens is 1. The van der Waals surface area contributed by atoms with Gasteiger partial charge in [0.2, 0.25) is 0 Å². The van der Waals surface area contributed by atoms with Crippen LogP contribution >= 0.6 is 10.7 Å². The third kappa shape index (κ3) is 2.72. The first-order valence-electron chi connectivity index (χ1n) is 8.01. The second-order valence-corrected chi connectivity index (χ2v) is 5.28. The predicted molar refractivity (Wildman–Crippen MR) is 58.2 cm³/mol. The van der Waals surface area contributed by atoms with Crippen LogP contribution in [-0.4, -0.2) is 8.42 Å². The van der Waals surface area contributed by atoms with E-state index < -0.39 is 45.5 Å². The van der Waals surface area contributed by atoms with Crippen LogP contribution in [-0.2, 0) is 14.5 Å². The van der Waals surface area contributed by atoms with Crippen LogP contribution in [0, 0.1) is 0 Å². The molecule has 0 N–H and O–H groups in total. The van der Waals surface area contributed by atoms with Crippen LogP contribution in [0.3, 0.4) is 0 Å². The lowest BCUT2D eigenvalue weighted by atomic mass is 9.87. The van der Waals surface area contributed by atoms with Gasteiger partial charge in [-0.1, -0.05) is 32.7 Å². The van der Waals surface area contributed by atoms with Crippen LogP contribution in [0.1, 0.15) is 38.5 Å². The minimum Gasteiger partial charge on any atom is -0.207 e. The van der Waals surface area contributed by atoms with E-state index >= 15 is 0 Å². The van der Waals surface area contributed by atoms with E-state index in [1.807, 2.05) is 0 Å². The fourth-order valence-electron chi connectivity index (χ4n) is 0.867. The number of hydrogen-bond donors (Lipinski definition) is 0. The molecule has 1 rings (SSSR count). The summed E-state index contributed by atoms with van der Waals surface area (Å²) in [5.74, 6) is 0. The fraction of sp³-hybridized carbons (Fsp3) is 0.400. The second-order valence-electron chi connectivity index (χ2n) is 2.71. The van der Waals surface area contributed by atoms with Crippen LogP contribution in [0.15, 0.2) is 29.2 Å². The highest BCUT2D eigenvalue weighted by Gasteiger charge is 2.15. The van der Waals surface area contributed by atoms with Gasteiger partial charge in [-0.3, -0.25) is 0 Å². The molecule has 0 unspecified atom stereocenters. The van der Waals surface area contributed by atoms with Gasteiger partial charge >= 0.3 is 0 Å². The summed E-state index contributed by atoms with van der Waals surface area (Å²) >= 11 is 0. The molecule has 0 bridgehead atoms. The quantitative estimate of drug-likeness (QED) is 0.709. The largest absolute Gasteiger partial charge is 0.261 e. The summed E-state index contributed by atoms with van der Waals surface area (Å²) in [6.07, 6.45) is 0. The van der Waals surface area contributed by atoms with Crippen molar-refractivity contribution in [3.8, 4) is 0 Å². The summed E-state index contributed by atoms with van der Waals surface area (Å²) in [5.41, 5.74) is -3.71. The fourth-order valence-corrected chi connectivity index (χ4v) is 1.64. The van der Waals surface area contributed by atoms with Crippen LogP contribution in [0.4, 0.5) is 0 Å². The molecule has 0 spiro atoms. The SMILES string of the molecule is [2H]C([2H])([2H])C(c1ccc(S(=O)(=O)Cl)cc1)(C([2H])([2H])[2H])C([2H])([2H])[2H]. The number of hydrogen-bond acceptors (Lipinski definition) is 2. The molecule has 0 fully saturated rings. The van der Waals surface area contributed by atoms with Crippen molar-refractivity contribution in [1.82, 2.24) is 0 Å². The first-order chi connectivity index (χ1) is 9.96. The summed E-state index contributed by atoms with van der Waals surface area (Å²) < 4.78 is 90.2. The molecule has 78 valence electrons. The summed E-state index contributed by atoms with van der Waals surface area (Å²) in [5, 5.41) is 0. The average Bonchev–Trinajstić information content (AvgIpc) is 2.22. The Balaban J connectivity index is 3.80. The topological polar surface area (TPSA) is 34.1 Å². The Bertz CT molecular complexity index is 634. The normalized spacial score (nSPS) is 25.1. The van der Waals surface area contributed by atoms with Gasteiger partial charge in [-0.25, -0.2) is 8.42 Å². The highest BCUT2D eigenvalue weighted by atomic mass is 35.7. The van der Waals surface area contributed by atoms with Gasteiger partial charge in [0.25, 0.3) is 9.05 Å². The van der Waals surface area contributed by atoms with Crippen molar-refractivity contribution in [3.05, 3.63) is 29.8 Å². The maximum atomic E-state index is 11.2. The Labute approximate surface area is 102 Å². The number of rotatable bonds is 1. The van der Waals surface area contributed by atoms with Gasteiger partial charge in [0, 0.05) is 23.0 Å². The Morgan fingerprint density at radius 2 is 1.71 bits per heavy atom. The van der Waals surface area contributed by atoms with E-state index in [2.05, 4.69) is 0 Å². The van der Waals surface area contributed by atoms with Gasteiger partial charge in [-0.15, -0.1) is 0 Å². The molecule has 0 heterocycles. The van der Waals surface area contributed by atoms with E-state index in [1.165, 1.54) is 0 Å². The maximum absolute atomic E-state index is 11.2. The molecule has 0 aliphatic carbocycles. The molecule has 0 radical (unpaired) electrons. The van der Waals surface area contributed by atoms with Gasteiger partial charge in [-0.05, 0) is 23.1 Å². The van der Waals surface area contributed by atoms with Gasteiger partial charge in [-0.2, -0.15) is 0 Å². The van der Waals surface area contributed by atoms with E-state index in [0.717, 1.165) is 24.3 Å². The first-order valence-corrected chi connectivity index (χ1v) is 5.82. The molecular weight excluding hydrogens is 220 g/mol. The van der Waals surface area contributed by atoms with Gasteiger partial charge in [0.1, 0.15) is 0 Å². The van der Waals surface area contributed by atoms with Crippen molar-refractivity contribution in [3.63, 3.8) is 0 Å². The van der Waals surface area contributed by atoms with Crippen molar-refractivity contribution in [2.45, 2.75) is 30.9 Å². The van der Waals surface area contributed by atoms with Crippen molar-refractivity contribution in [1.29, 1.82) is 0 Å². The zero-order chi connectivity index (χ0) is 18.5. The molecule has 0 atom stereocenters. The van der Waals surface area contributed by atoms with E-state index in [4.69, 9.17) is 23.0 Å². The zero-order valence-corrected chi connectivity index (χ0v) is 8.48. The Hall–Kier alpha value is -0.540.